The average Bonchev–Trinajstić information content (AvgIpc) is 3.52. The van der Waals surface area contributed by atoms with Crippen molar-refractivity contribution in [3.63, 3.8) is 0 Å². The van der Waals surface area contributed by atoms with E-state index in [0.717, 1.165) is 22.4 Å². The van der Waals surface area contributed by atoms with Crippen LogP contribution in [0.1, 0.15) is 29.9 Å². The maximum absolute atomic E-state index is 12.8. The lowest BCUT2D eigenvalue weighted by molar-refractivity contribution is -0.138. The van der Waals surface area contributed by atoms with Crippen molar-refractivity contribution in [3.05, 3.63) is 59.7 Å². The number of H-pyrrole nitrogens is 1. The maximum Gasteiger partial charge on any atom is 0.243 e. The van der Waals surface area contributed by atoms with Crippen LogP contribution in [0.5, 0.6) is 0 Å². The van der Waals surface area contributed by atoms with Crippen LogP contribution >= 0.6 is 0 Å². The van der Waals surface area contributed by atoms with Crippen molar-refractivity contribution in [2.75, 3.05) is 6.54 Å². The molecular formula is C22H25N5O4. The molecule has 162 valence electrons. The molecule has 2 aromatic heterocycles. The quantitative estimate of drug-likeness (QED) is 0.530. The number of nitrogens with one attached hydrogen (secondary N) is 2. The number of likely N-dealkylation sites (tertiary alicyclic amines) is 1. The van der Waals surface area contributed by atoms with Crippen LogP contribution in [0.25, 0.3) is 11.1 Å². The number of aliphatic hydroxyl groups is 1. The molecule has 3 N–H and O–H groups in total. The van der Waals surface area contributed by atoms with Crippen LogP contribution < -0.4 is 5.32 Å². The summed E-state index contributed by atoms with van der Waals surface area (Å²) in [5.74, 6) is 0.181. The number of amides is 2. The van der Waals surface area contributed by atoms with Crippen LogP contribution in [-0.2, 0) is 22.6 Å². The molecule has 1 aromatic carbocycles. The van der Waals surface area contributed by atoms with Gasteiger partial charge in [-0.25, -0.2) is 0 Å². The summed E-state index contributed by atoms with van der Waals surface area (Å²) in [5.41, 5.74) is 3.72. The van der Waals surface area contributed by atoms with Gasteiger partial charge in [-0.1, -0.05) is 29.4 Å². The Morgan fingerprint density at radius 2 is 2.10 bits per heavy atom. The third-order valence-electron chi connectivity index (χ3n) is 5.42. The molecule has 1 aliphatic heterocycles. The normalized spacial score (nSPS) is 18.3. The summed E-state index contributed by atoms with van der Waals surface area (Å²) < 4.78 is 5.14. The van der Waals surface area contributed by atoms with Gasteiger partial charge in [-0.2, -0.15) is 5.10 Å². The molecule has 3 aromatic rings. The lowest BCUT2D eigenvalue weighted by Crippen LogP contribution is -2.45. The monoisotopic (exact) mass is 423 g/mol. The standard InChI is InChI=1S/C22H25N5O4/c1-14-8-19(31-26-14)6-7-21(29)27-13-18(28)9-20(27)22(30)23-10-15-2-4-16(5-3-15)17-11-24-25-12-17/h2-5,8,11-12,18,20,28H,6-7,9-10,13H2,1H3,(H,23,30)(H,24,25)/t18-,20+/m1/s1. The second-order valence-corrected chi connectivity index (χ2v) is 7.79. The molecule has 0 aliphatic carbocycles. The summed E-state index contributed by atoms with van der Waals surface area (Å²) in [6.45, 7) is 2.32. The number of aliphatic hydroxyl groups excluding tert-OH is 1. The summed E-state index contributed by atoms with van der Waals surface area (Å²) >= 11 is 0. The number of benzene rings is 1. The Labute approximate surface area is 179 Å². The lowest BCUT2D eigenvalue weighted by atomic mass is 10.1. The van der Waals surface area contributed by atoms with E-state index >= 15 is 0 Å². The average molecular weight is 423 g/mol. The first-order valence-corrected chi connectivity index (χ1v) is 10.2. The minimum atomic E-state index is -0.707. The number of aryl methyl sites for hydroxylation is 2. The molecule has 4 rings (SSSR count). The van der Waals surface area contributed by atoms with Gasteiger partial charge in [-0.15, -0.1) is 0 Å². The highest BCUT2D eigenvalue weighted by molar-refractivity contribution is 5.88. The van der Waals surface area contributed by atoms with Crippen molar-refractivity contribution in [2.45, 2.75) is 44.9 Å². The fourth-order valence-corrected chi connectivity index (χ4v) is 3.78. The number of nitrogens with zero attached hydrogens (tertiary/aromatic N) is 3. The first-order chi connectivity index (χ1) is 15.0. The van der Waals surface area contributed by atoms with E-state index in [0.29, 0.717) is 18.7 Å². The zero-order chi connectivity index (χ0) is 21.8. The predicted molar refractivity (Wildman–Crippen MR) is 112 cm³/mol. The second-order valence-electron chi connectivity index (χ2n) is 7.79. The molecule has 0 saturated carbocycles. The molecule has 1 aliphatic rings. The van der Waals surface area contributed by atoms with E-state index in [-0.39, 0.29) is 31.2 Å². The molecule has 2 atom stereocenters. The van der Waals surface area contributed by atoms with Gasteiger partial charge in [0.05, 0.1) is 18.0 Å². The van der Waals surface area contributed by atoms with Gasteiger partial charge < -0.3 is 19.8 Å². The summed E-state index contributed by atoms with van der Waals surface area (Å²) in [6, 6.07) is 8.92. The van der Waals surface area contributed by atoms with Crippen molar-refractivity contribution >= 4 is 11.8 Å². The van der Waals surface area contributed by atoms with Crippen LogP contribution in [-0.4, -0.2) is 55.9 Å². The molecule has 9 heteroatoms. The number of hydrogen-bond acceptors (Lipinski definition) is 6. The Balaban J connectivity index is 1.32. The van der Waals surface area contributed by atoms with E-state index in [4.69, 9.17) is 4.52 Å². The maximum atomic E-state index is 12.8. The number of carbonyl (C=O) groups excluding carboxylic acids is 2. The third-order valence-corrected chi connectivity index (χ3v) is 5.42. The molecular weight excluding hydrogens is 398 g/mol. The highest BCUT2D eigenvalue weighted by atomic mass is 16.5. The molecule has 2 amide bonds. The minimum Gasteiger partial charge on any atom is -0.391 e. The van der Waals surface area contributed by atoms with Gasteiger partial charge in [0.1, 0.15) is 11.8 Å². The number of β-amino-alcohol motifs (C(OH)–C–C–N with tert-alkyl or cyclic N) is 1. The van der Waals surface area contributed by atoms with Crippen molar-refractivity contribution in [1.29, 1.82) is 0 Å². The number of aromatic nitrogens is 3. The van der Waals surface area contributed by atoms with Gasteiger partial charge >= 0.3 is 0 Å². The summed E-state index contributed by atoms with van der Waals surface area (Å²) in [4.78, 5) is 26.9. The zero-order valence-electron chi connectivity index (χ0n) is 17.2. The Bertz CT molecular complexity index is 1030. The molecule has 1 fully saturated rings. The minimum absolute atomic E-state index is 0.158. The van der Waals surface area contributed by atoms with E-state index in [1.807, 2.05) is 37.4 Å². The van der Waals surface area contributed by atoms with E-state index in [9.17, 15) is 14.7 Å². The van der Waals surface area contributed by atoms with Gasteiger partial charge in [0.15, 0.2) is 0 Å². The van der Waals surface area contributed by atoms with Crippen LogP contribution in [0.2, 0.25) is 0 Å². The third kappa shape index (κ3) is 5.00. The van der Waals surface area contributed by atoms with Crippen LogP contribution in [0, 0.1) is 6.92 Å². The zero-order valence-corrected chi connectivity index (χ0v) is 17.2. The first kappa shape index (κ1) is 20.8. The molecule has 31 heavy (non-hydrogen) atoms. The fraction of sp³-hybridized carbons (Fsp3) is 0.364. The molecule has 0 unspecified atom stereocenters. The fourth-order valence-electron chi connectivity index (χ4n) is 3.78. The molecule has 1 saturated heterocycles. The Morgan fingerprint density at radius 1 is 1.29 bits per heavy atom. The number of hydrogen-bond donors (Lipinski definition) is 3. The Hall–Kier alpha value is -3.46. The van der Waals surface area contributed by atoms with Crippen LogP contribution in [0.3, 0.4) is 0 Å². The van der Waals surface area contributed by atoms with Crippen LogP contribution in [0.15, 0.2) is 47.2 Å². The van der Waals surface area contributed by atoms with Gasteiger partial charge in [0.25, 0.3) is 0 Å². The van der Waals surface area contributed by atoms with E-state index in [1.54, 1.807) is 12.3 Å². The summed E-state index contributed by atoms with van der Waals surface area (Å²) in [5, 5.41) is 23.5. The van der Waals surface area contributed by atoms with Crippen LogP contribution in [0.4, 0.5) is 0 Å². The van der Waals surface area contributed by atoms with E-state index in [2.05, 4.69) is 20.7 Å². The first-order valence-electron chi connectivity index (χ1n) is 10.2. The Kier molecular flexibility index (Phi) is 6.13. The van der Waals surface area contributed by atoms with Gasteiger partial charge in [0.2, 0.25) is 11.8 Å². The smallest absolute Gasteiger partial charge is 0.243 e. The molecule has 9 nitrogen and oxygen atoms in total. The van der Waals surface area contributed by atoms with Gasteiger partial charge in [-0.05, 0) is 18.1 Å². The van der Waals surface area contributed by atoms with Gasteiger partial charge in [0, 0.05) is 50.2 Å². The lowest BCUT2D eigenvalue weighted by Gasteiger charge is -2.23. The largest absolute Gasteiger partial charge is 0.391 e. The highest BCUT2D eigenvalue weighted by Crippen LogP contribution is 2.21. The predicted octanol–water partition coefficient (Wildman–Crippen LogP) is 1.58. The number of carbonyl (C=O) groups is 2. The Morgan fingerprint density at radius 3 is 2.77 bits per heavy atom. The summed E-state index contributed by atoms with van der Waals surface area (Å²) in [6.07, 6.45) is 3.69. The van der Waals surface area contributed by atoms with Crippen molar-refractivity contribution in [2.24, 2.45) is 0 Å². The topological polar surface area (TPSA) is 124 Å². The summed E-state index contributed by atoms with van der Waals surface area (Å²) in [7, 11) is 0. The van der Waals surface area contributed by atoms with Crippen molar-refractivity contribution in [1.82, 2.24) is 25.6 Å². The van der Waals surface area contributed by atoms with E-state index in [1.165, 1.54) is 4.90 Å². The highest BCUT2D eigenvalue weighted by Gasteiger charge is 2.38. The molecule has 0 bridgehead atoms. The number of rotatable bonds is 7. The van der Waals surface area contributed by atoms with Crippen molar-refractivity contribution in [3.8, 4) is 11.1 Å². The molecule has 0 spiro atoms. The SMILES string of the molecule is Cc1cc(CCC(=O)N2C[C@H](O)C[C@H]2C(=O)NCc2ccc(-c3cn[nH]c3)cc2)on1. The van der Waals surface area contributed by atoms with E-state index < -0.39 is 12.1 Å². The van der Waals surface area contributed by atoms with Gasteiger partial charge in [-0.3, -0.25) is 14.7 Å². The second kappa shape index (κ2) is 9.13. The molecule has 0 radical (unpaired) electrons. The number of aromatic amines is 1. The van der Waals surface area contributed by atoms with Crippen molar-refractivity contribution < 1.29 is 19.2 Å². The molecule has 3 heterocycles.